The van der Waals surface area contributed by atoms with Crippen LogP contribution in [0.4, 0.5) is 5.69 Å². The molecule has 0 unspecified atom stereocenters. The Hall–Kier alpha value is -2.57. The maximum atomic E-state index is 12.6. The Morgan fingerprint density at radius 2 is 1.78 bits per heavy atom. The number of rotatable bonds is 6. The molecule has 27 heavy (non-hydrogen) atoms. The second-order valence-electron chi connectivity index (χ2n) is 7.11. The molecule has 1 aromatic rings. The Morgan fingerprint density at radius 3 is 2.41 bits per heavy atom. The summed E-state index contributed by atoms with van der Waals surface area (Å²) in [6, 6.07) is 7.04. The van der Waals surface area contributed by atoms with Crippen LogP contribution in [0, 0.1) is 0 Å². The van der Waals surface area contributed by atoms with Gasteiger partial charge < -0.3 is 14.4 Å². The number of para-hydroxylation sites is 2. The standard InChI is InChI=1S/C20H28N2O5/c1-13(2)22(14(3)4)20(25)15(5)27-19(24)12-21-16-8-6-7-9-17(16)26-11-10-18(21)23/h6-9,13-15H,10-12H2,1-5H3/t15-/m1/s1. The van der Waals surface area contributed by atoms with Crippen LogP contribution in [0.1, 0.15) is 41.0 Å². The molecule has 0 saturated heterocycles. The molecule has 0 N–H and O–H groups in total. The predicted octanol–water partition coefficient (Wildman–Crippen LogP) is 2.38. The minimum atomic E-state index is -0.920. The fourth-order valence-electron chi connectivity index (χ4n) is 3.22. The van der Waals surface area contributed by atoms with Crippen LogP contribution < -0.4 is 9.64 Å². The first-order valence-electron chi connectivity index (χ1n) is 9.26. The summed E-state index contributed by atoms with van der Waals surface area (Å²) in [5, 5.41) is 0. The van der Waals surface area contributed by atoms with E-state index in [1.54, 1.807) is 36.1 Å². The fourth-order valence-corrected chi connectivity index (χ4v) is 3.22. The van der Waals surface area contributed by atoms with Crippen molar-refractivity contribution in [3.8, 4) is 5.75 Å². The van der Waals surface area contributed by atoms with E-state index in [1.807, 2.05) is 27.7 Å². The zero-order valence-electron chi connectivity index (χ0n) is 16.6. The number of esters is 1. The lowest BCUT2D eigenvalue weighted by Gasteiger charge is -2.33. The number of ether oxygens (including phenoxy) is 2. The van der Waals surface area contributed by atoms with Gasteiger partial charge in [-0.2, -0.15) is 0 Å². The van der Waals surface area contributed by atoms with E-state index in [-0.39, 0.29) is 43.5 Å². The van der Waals surface area contributed by atoms with E-state index in [9.17, 15) is 14.4 Å². The Bertz CT molecular complexity index is 693. The molecule has 0 bridgehead atoms. The summed E-state index contributed by atoms with van der Waals surface area (Å²) in [5.41, 5.74) is 0.530. The van der Waals surface area contributed by atoms with Crippen molar-refractivity contribution in [1.29, 1.82) is 0 Å². The van der Waals surface area contributed by atoms with Gasteiger partial charge in [0.2, 0.25) is 5.91 Å². The van der Waals surface area contributed by atoms with Crippen molar-refractivity contribution in [2.24, 2.45) is 0 Å². The third kappa shape index (κ3) is 4.99. The number of benzene rings is 1. The van der Waals surface area contributed by atoms with Gasteiger partial charge in [-0.1, -0.05) is 12.1 Å². The maximum absolute atomic E-state index is 12.6. The molecule has 1 heterocycles. The van der Waals surface area contributed by atoms with Gasteiger partial charge in [-0.3, -0.25) is 19.3 Å². The summed E-state index contributed by atoms with van der Waals surface area (Å²) >= 11 is 0. The first-order valence-corrected chi connectivity index (χ1v) is 9.26. The van der Waals surface area contributed by atoms with Crippen molar-refractivity contribution in [2.45, 2.75) is 59.2 Å². The Balaban J connectivity index is 2.08. The second-order valence-corrected chi connectivity index (χ2v) is 7.11. The number of hydrogen-bond acceptors (Lipinski definition) is 5. The molecule has 1 aromatic carbocycles. The van der Waals surface area contributed by atoms with Crippen LogP contribution in [0.15, 0.2) is 24.3 Å². The molecular formula is C20H28N2O5. The zero-order chi connectivity index (χ0) is 20.1. The highest BCUT2D eigenvalue weighted by Gasteiger charge is 2.30. The monoisotopic (exact) mass is 376 g/mol. The first kappa shape index (κ1) is 20.7. The highest BCUT2D eigenvalue weighted by atomic mass is 16.5. The van der Waals surface area contributed by atoms with Crippen LogP contribution in [-0.2, 0) is 19.1 Å². The lowest BCUT2D eigenvalue weighted by atomic mass is 10.2. The minimum Gasteiger partial charge on any atom is -0.491 e. The summed E-state index contributed by atoms with van der Waals surface area (Å²) in [5.74, 6) is -0.555. The maximum Gasteiger partial charge on any atom is 0.326 e. The highest BCUT2D eigenvalue weighted by molar-refractivity contribution is 5.99. The molecule has 7 nitrogen and oxygen atoms in total. The van der Waals surface area contributed by atoms with Gasteiger partial charge in [-0.25, -0.2) is 0 Å². The molecule has 1 aliphatic rings. The molecule has 0 spiro atoms. The van der Waals surface area contributed by atoms with Crippen molar-refractivity contribution in [2.75, 3.05) is 18.1 Å². The summed E-state index contributed by atoms with van der Waals surface area (Å²) in [7, 11) is 0. The molecule has 1 atom stereocenters. The Kier molecular flexibility index (Phi) is 6.82. The third-order valence-corrected chi connectivity index (χ3v) is 4.34. The largest absolute Gasteiger partial charge is 0.491 e. The summed E-state index contributed by atoms with van der Waals surface area (Å²) < 4.78 is 10.9. The van der Waals surface area contributed by atoms with Gasteiger partial charge in [0.05, 0.1) is 18.7 Å². The Morgan fingerprint density at radius 1 is 1.15 bits per heavy atom. The number of carbonyl (C=O) groups excluding carboxylic acids is 3. The average Bonchev–Trinajstić information content (AvgIpc) is 2.73. The van der Waals surface area contributed by atoms with E-state index in [0.29, 0.717) is 11.4 Å². The van der Waals surface area contributed by atoms with E-state index in [1.165, 1.54) is 4.90 Å². The lowest BCUT2D eigenvalue weighted by Crippen LogP contribution is -2.48. The number of fused-ring (bicyclic) bond motifs is 1. The Labute approximate surface area is 160 Å². The van der Waals surface area contributed by atoms with Gasteiger partial charge in [0.15, 0.2) is 6.10 Å². The average molecular weight is 376 g/mol. The summed E-state index contributed by atoms with van der Waals surface area (Å²) in [4.78, 5) is 40.5. The summed E-state index contributed by atoms with van der Waals surface area (Å²) in [6.07, 6.45) is -0.749. The lowest BCUT2D eigenvalue weighted by molar-refractivity contribution is -0.160. The molecule has 2 rings (SSSR count). The van der Waals surface area contributed by atoms with E-state index >= 15 is 0 Å². The minimum absolute atomic E-state index is 0.00476. The summed E-state index contributed by atoms with van der Waals surface area (Å²) in [6.45, 7) is 9.21. The van der Waals surface area contributed by atoms with Crippen molar-refractivity contribution in [1.82, 2.24) is 4.90 Å². The molecule has 0 aliphatic carbocycles. The van der Waals surface area contributed by atoms with E-state index < -0.39 is 12.1 Å². The molecule has 0 aromatic heterocycles. The third-order valence-electron chi connectivity index (χ3n) is 4.34. The van der Waals surface area contributed by atoms with Crippen LogP contribution in [-0.4, -0.2) is 54.0 Å². The highest BCUT2D eigenvalue weighted by Crippen LogP contribution is 2.30. The number of nitrogens with zero attached hydrogens (tertiary/aromatic N) is 2. The van der Waals surface area contributed by atoms with Gasteiger partial charge >= 0.3 is 5.97 Å². The van der Waals surface area contributed by atoms with Crippen LogP contribution >= 0.6 is 0 Å². The van der Waals surface area contributed by atoms with Crippen molar-refractivity contribution < 1.29 is 23.9 Å². The molecule has 0 saturated carbocycles. The molecule has 2 amide bonds. The SMILES string of the molecule is CC(C)N(C(=O)[C@@H](C)OC(=O)CN1C(=O)CCOc2ccccc21)C(C)C. The van der Waals surface area contributed by atoms with Crippen LogP contribution in [0.25, 0.3) is 0 Å². The van der Waals surface area contributed by atoms with Crippen molar-refractivity contribution in [3.63, 3.8) is 0 Å². The van der Waals surface area contributed by atoms with Gasteiger partial charge in [0, 0.05) is 12.1 Å². The second kappa shape index (κ2) is 8.88. The van der Waals surface area contributed by atoms with Crippen molar-refractivity contribution in [3.05, 3.63) is 24.3 Å². The van der Waals surface area contributed by atoms with E-state index in [0.717, 1.165) is 0 Å². The number of hydrogen-bond donors (Lipinski definition) is 0. The fraction of sp³-hybridized carbons (Fsp3) is 0.550. The van der Waals surface area contributed by atoms with Crippen molar-refractivity contribution >= 4 is 23.5 Å². The number of carbonyl (C=O) groups is 3. The quantitative estimate of drug-likeness (QED) is 0.713. The molecule has 0 radical (unpaired) electrons. The van der Waals surface area contributed by atoms with Gasteiger partial charge in [-0.15, -0.1) is 0 Å². The molecule has 148 valence electrons. The predicted molar refractivity (Wildman–Crippen MR) is 102 cm³/mol. The van der Waals surface area contributed by atoms with E-state index in [4.69, 9.17) is 9.47 Å². The van der Waals surface area contributed by atoms with Crippen LogP contribution in [0.3, 0.4) is 0 Å². The smallest absolute Gasteiger partial charge is 0.326 e. The molecule has 7 heteroatoms. The molecule has 1 aliphatic heterocycles. The topological polar surface area (TPSA) is 76.2 Å². The van der Waals surface area contributed by atoms with Gasteiger partial charge in [0.1, 0.15) is 12.3 Å². The first-order chi connectivity index (χ1) is 12.7. The molecule has 0 fully saturated rings. The van der Waals surface area contributed by atoms with Crippen LogP contribution in [0.5, 0.6) is 5.75 Å². The van der Waals surface area contributed by atoms with Gasteiger partial charge in [0.25, 0.3) is 5.91 Å². The van der Waals surface area contributed by atoms with E-state index in [2.05, 4.69) is 0 Å². The number of amides is 2. The normalized spacial score (nSPS) is 15.1. The molecular weight excluding hydrogens is 348 g/mol. The number of anilines is 1. The van der Waals surface area contributed by atoms with Gasteiger partial charge in [-0.05, 0) is 46.8 Å². The van der Waals surface area contributed by atoms with Crippen LogP contribution in [0.2, 0.25) is 0 Å². The zero-order valence-corrected chi connectivity index (χ0v) is 16.6.